The maximum absolute atomic E-state index is 13.0. The number of hydrazine groups is 1. The van der Waals surface area contributed by atoms with E-state index < -0.39 is 16.0 Å². The lowest BCUT2D eigenvalue weighted by molar-refractivity contribution is 0.0696. The molecular weight excluding hydrogens is 574 g/mol. The van der Waals surface area contributed by atoms with Crippen molar-refractivity contribution in [1.82, 2.24) is 15.2 Å². The molecule has 0 amide bonds. The van der Waals surface area contributed by atoms with Crippen molar-refractivity contribution in [2.45, 2.75) is 127 Å². The van der Waals surface area contributed by atoms with E-state index in [1.165, 1.54) is 102 Å². The van der Waals surface area contributed by atoms with Gasteiger partial charge >= 0.3 is 5.97 Å². The highest BCUT2D eigenvalue weighted by molar-refractivity contribution is 7.89. The van der Waals surface area contributed by atoms with Gasteiger partial charge in [0.05, 0.1) is 23.2 Å². The molecule has 3 rings (SSSR count). The van der Waals surface area contributed by atoms with Crippen molar-refractivity contribution in [3.05, 3.63) is 59.7 Å². The van der Waals surface area contributed by atoms with Crippen LogP contribution in [-0.2, 0) is 10.0 Å². The molecule has 1 fully saturated rings. The molecule has 3 N–H and O–H groups in total. The van der Waals surface area contributed by atoms with Crippen LogP contribution in [0.1, 0.15) is 138 Å². The number of hydrogen-bond acceptors (Lipinski definition) is 6. The molecule has 1 aliphatic rings. The van der Waals surface area contributed by atoms with Crippen LogP contribution < -0.4 is 15.0 Å². The Morgan fingerprint density at radius 1 is 0.818 bits per heavy atom. The number of piperidine rings is 1. The zero-order valence-corrected chi connectivity index (χ0v) is 27.6. The van der Waals surface area contributed by atoms with Gasteiger partial charge in [-0.05, 0) is 68.2 Å². The number of carboxylic acids is 1. The number of rotatable bonds is 23. The summed E-state index contributed by atoms with van der Waals surface area (Å²) in [5.74, 6) is -0.361. The van der Waals surface area contributed by atoms with E-state index in [0.717, 1.165) is 56.2 Å². The Kier molecular flexibility index (Phi) is 16.8. The summed E-state index contributed by atoms with van der Waals surface area (Å²) in [5, 5.41) is 9.25. The Morgan fingerprint density at radius 2 is 1.39 bits per heavy atom. The first-order chi connectivity index (χ1) is 21.4. The number of carbonyl (C=O) groups is 1. The largest absolute Gasteiger partial charge is 0.494 e. The molecule has 246 valence electrons. The van der Waals surface area contributed by atoms with Crippen LogP contribution in [-0.4, -0.2) is 44.1 Å². The second-order valence-corrected chi connectivity index (χ2v) is 13.8. The molecule has 44 heavy (non-hydrogen) atoms. The minimum Gasteiger partial charge on any atom is -0.494 e. The van der Waals surface area contributed by atoms with Crippen molar-refractivity contribution in [3.63, 3.8) is 0 Å². The van der Waals surface area contributed by atoms with Crippen molar-refractivity contribution >= 4 is 16.0 Å². The summed E-state index contributed by atoms with van der Waals surface area (Å²) in [6.45, 7) is 4.67. The van der Waals surface area contributed by atoms with Crippen LogP contribution in [0.3, 0.4) is 0 Å². The van der Waals surface area contributed by atoms with Gasteiger partial charge in [0.15, 0.2) is 0 Å². The second kappa shape index (κ2) is 20.5. The fourth-order valence-corrected chi connectivity index (χ4v) is 6.71. The smallest absolute Gasteiger partial charge is 0.335 e. The van der Waals surface area contributed by atoms with E-state index in [4.69, 9.17) is 4.74 Å². The van der Waals surface area contributed by atoms with Gasteiger partial charge in [-0.2, -0.15) is 0 Å². The summed E-state index contributed by atoms with van der Waals surface area (Å²) in [7, 11) is -3.98. The zero-order chi connectivity index (χ0) is 31.5. The summed E-state index contributed by atoms with van der Waals surface area (Å²) in [6.07, 6.45) is 21.5. The zero-order valence-electron chi connectivity index (χ0n) is 26.8. The number of carboxylic acid groups (broad SMARTS) is 1. The molecule has 8 nitrogen and oxygen atoms in total. The van der Waals surface area contributed by atoms with Crippen molar-refractivity contribution in [3.8, 4) is 5.75 Å². The minimum atomic E-state index is -3.98. The molecule has 0 radical (unpaired) electrons. The van der Waals surface area contributed by atoms with E-state index in [2.05, 4.69) is 22.1 Å². The van der Waals surface area contributed by atoms with Crippen LogP contribution in [0.4, 0.5) is 0 Å². The lowest BCUT2D eigenvalue weighted by atomic mass is 10.0. The van der Waals surface area contributed by atoms with Crippen LogP contribution in [0, 0.1) is 0 Å². The number of aromatic carboxylic acids is 1. The standard InChI is InChI=1S/C35H55N3O5S/c1-2-3-4-5-6-7-8-9-10-11-12-13-14-18-28-43-32-24-22-30(23-25-32)34(38-26-16-15-17-27-38)36-37-44(41,42)33-21-19-20-31(29-33)35(39)40/h19-25,29,34,36-37H,2-18,26-28H2,1H3,(H,39,40). The highest BCUT2D eigenvalue weighted by atomic mass is 32.2. The maximum Gasteiger partial charge on any atom is 0.335 e. The normalized spacial score (nSPS) is 14.8. The van der Waals surface area contributed by atoms with Gasteiger partial charge in [-0.25, -0.2) is 18.6 Å². The molecule has 0 saturated carbocycles. The summed E-state index contributed by atoms with van der Waals surface area (Å²) in [6, 6.07) is 13.2. The summed E-state index contributed by atoms with van der Waals surface area (Å²) < 4.78 is 32.0. The number of hydrogen-bond donors (Lipinski definition) is 3. The minimum absolute atomic E-state index is 0.0786. The summed E-state index contributed by atoms with van der Waals surface area (Å²) >= 11 is 0. The van der Waals surface area contributed by atoms with Crippen molar-refractivity contribution in [2.75, 3.05) is 19.7 Å². The highest BCUT2D eigenvalue weighted by Crippen LogP contribution is 2.25. The van der Waals surface area contributed by atoms with Gasteiger partial charge in [0.25, 0.3) is 10.0 Å². The third-order valence-corrected chi connectivity index (χ3v) is 9.70. The first-order valence-electron chi connectivity index (χ1n) is 17.0. The first-order valence-corrected chi connectivity index (χ1v) is 18.5. The number of ether oxygens (including phenoxy) is 1. The molecule has 0 spiro atoms. The van der Waals surface area contributed by atoms with Gasteiger partial charge in [0.1, 0.15) is 5.75 Å². The first kappa shape index (κ1) is 36.0. The molecule has 9 heteroatoms. The quantitative estimate of drug-likeness (QED) is 0.0840. The molecular formula is C35H55N3O5S. The monoisotopic (exact) mass is 629 g/mol. The van der Waals surface area contributed by atoms with Gasteiger partial charge in [0, 0.05) is 0 Å². The average Bonchev–Trinajstić information content (AvgIpc) is 3.04. The van der Waals surface area contributed by atoms with E-state index in [-0.39, 0.29) is 16.6 Å². The second-order valence-electron chi connectivity index (χ2n) is 12.1. The van der Waals surface area contributed by atoms with Gasteiger partial charge in [-0.15, -0.1) is 4.83 Å². The number of unbranched alkanes of at least 4 members (excludes halogenated alkanes) is 13. The molecule has 0 bridgehead atoms. The lowest BCUT2D eigenvalue weighted by Crippen LogP contribution is -2.48. The topological polar surface area (TPSA) is 108 Å². The number of benzene rings is 2. The van der Waals surface area contributed by atoms with Crippen molar-refractivity contribution in [2.24, 2.45) is 0 Å². The van der Waals surface area contributed by atoms with Gasteiger partial charge < -0.3 is 9.84 Å². The van der Waals surface area contributed by atoms with E-state index >= 15 is 0 Å². The van der Waals surface area contributed by atoms with E-state index in [9.17, 15) is 18.3 Å². The van der Waals surface area contributed by atoms with Gasteiger partial charge in [-0.1, -0.05) is 115 Å². The molecule has 2 aromatic rings. The fourth-order valence-electron chi connectivity index (χ4n) is 5.78. The van der Waals surface area contributed by atoms with Gasteiger partial charge in [-0.3, -0.25) is 4.90 Å². The molecule has 2 aromatic carbocycles. The van der Waals surface area contributed by atoms with Crippen LogP contribution in [0.15, 0.2) is 53.4 Å². The summed E-state index contributed by atoms with van der Waals surface area (Å²) in [4.78, 5) is 15.9. The third-order valence-electron chi connectivity index (χ3n) is 8.44. The van der Waals surface area contributed by atoms with Crippen LogP contribution in [0.5, 0.6) is 5.75 Å². The number of sulfonamides is 1. The maximum atomic E-state index is 13.0. The third kappa shape index (κ3) is 13.3. The lowest BCUT2D eigenvalue weighted by Gasteiger charge is -2.35. The highest BCUT2D eigenvalue weighted by Gasteiger charge is 2.25. The molecule has 1 aliphatic heterocycles. The Balaban J connectivity index is 1.38. The number of likely N-dealkylation sites (tertiary alicyclic amines) is 1. The van der Waals surface area contributed by atoms with Crippen LogP contribution in [0.25, 0.3) is 0 Å². The number of nitrogens with zero attached hydrogens (tertiary/aromatic N) is 1. The Morgan fingerprint density at radius 3 is 1.95 bits per heavy atom. The Labute approximate surface area is 266 Å². The molecule has 1 heterocycles. The van der Waals surface area contributed by atoms with Crippen LogP contribution >= 0.6 is 0 Å². The molecule has 1 unspecified atom stereocenters. The van der Waals surface area contributed by atoms with Crippen LogP contribution in [0.2, 0.25) is 0 Å². The molecule has 0 aliphatic carbocycles. The number of nitrogens with one attached hydrogen (secondary N) is 2. The van der Waals surface area contributed by atoms with Gasteiger partial charge in [0.2, 0.25) is 0 Å². The molecule has 1 saturated heterocycles. The van der Waals surface area contributed by atoms with E-state index in [0.29, 0.717) is 6.61 Å². The Bertz CT molecular complexity index is 1180. The summed E-state index contributed by atoms with van der Waals surface area (Å²) in [5.41, 5.74) is 3.86. The van der Waals surface area contributed by atoms with E-state index in [1.54, 1.807) is 0 Å². The predicted molar refractivity (Wildman–Crippen MR) is 177 cm³/mol. The predicted octanol–water partition coefficient (Wildman–Crippen LogP) is 8.21. The molecule has 0 aromatic heterocycles. The molecule has 1 atom stereocenters. The SMILES string of the molecule is CCCCCCCCCCCCCCCCOc1ccc(C(NNS(=O)(=O)c2cccc(C(=O)O)c2)N2CCCCC2)cc1. The fraction of sp³-hybridized carbons (Fsp3) is 0.629. The van der Waals surface area contributed by atoms with E-state index in [1.807, 2.05) is 24.3 Å². The Hall–Kier alpha value is -2.46. The van der Waals surface area contributed by atoms with Crippen molar-refractivity contribution < 1.29 is 23.1 Å². The van der Waals surface area contributed by atoms with Crippen molar-refractivity contribution in [1.29, 1.82) is 0 Å². The average molecular weight is 630 g/mol.